The molecule has 0 N–H and O–H groups in total. The summed E-state index contributed by atoms with van der Waals surface area (Å²) in [5.41, 5.74) is -0.135. The van der Waals surface area contributed by atoms with Crippen LogP contribution in [0.3, 0.4) is 0 Å². The summed E-state index contributed by atoms with van der Waals surface area (Å²) in [6, 6.07) is 0. The third-order valence-electron chi connectivity index (χ3n) is 1.76. The van der Waals surface area contributed by atoms with Crippen LogP contribution in [-0.2, 0) is 14.3 Å². The van der Waals surface area contributed by atoms with Gasteiger partial charge in [0.25, 0.3) is 0 Å². The summed E-state index contributed by atoms with van der Waals surface area (Å²) in [7, 11) is 0. The van der Waals surface area contributed by atoms with E-state index >= 15 is 0 Å². The maximum absolute atomic E-state index is 11.0. The Morgan fingerprint density at radius 1 is 1.42 bits per heavy atom. The molecule has 1 fully saturated rings. The maximum Gasteiger partial charge on any atom is 0.310 e. The van der Waals surface area contributed by atoms with Gasteiger partial charge in [-0.15, -0.1) is 0 Å². The van der Waals surface area contributed by atoms with E-state index < -0.39 is 6.29 Å². The highest BCUT2D eigenvalue weighted by Gasteiger charge is 2.35. The van der Waals surface area contributed by atoms with Gasteiger partial charge in [0.15, 0.2) is 0 Å². The van der Waals surface area contributed by atoms with Crippen LogP contribution in [0.15, 0.2) is 0 Å². The molecule has 3 nitrogen and oxygen atoms in total. The largest absolute Gasteiger partial charge is 0.435 e. The Hall–Kier alpha value is -0.570. The molecular formula is C9H16O3. The number of rotatable bonds is 0. The van der Waals surface area contributed by atoms with Gasteiger partial charge in [0, 0.05) is 5.41 Å². The molecule has 1 heterocycles. The second kappa shape index (κ2) is 3.05. The van der Waals surface area contributed by atoms with Crippen LogP contribution in [0.25, 0.3) is 0 Å². The fraction of sp³-hybridized carbons (Fsp3) is 0.889. The quantitative estimate of drug-likeness (QED) is 0.522. The smallest absolute Gasteiger partial charge is 0.310 e. The molecule has 1 aliphatic rings. The van der Waals surface area contributed by atoms with Gasteiger partial charge < -0.3 is 9.47 Å². The number of ether oxygens (including phenoxy) is 2. The monoisotopic (exact) mass is 172 g/mol. The predicted molar refractivity (Wildman–Crippen MR) is 44.5 cm³/mol. The van der Waals surface area contributed by atoms with Crippen LogP contribution in [0.2, 0.25) is 0 Å². The summed E-state index contributed by atoms with van der Waals surface area (Å²) in [6.07, 6.45) is -0.0451. The molecule has 12 heavy (non-hydrogen) atoms. The summed E-state index contributed by atoms with van der Waals surface area (Å²) in [6.45, 7) is 7.86. The third-order valence-corrected chi connectivity index (χ3v) is 1.76. The minimum absolute atomic E-state index is 0.0181. The first-order chi connectivity index (χ1) is 5.39. The van der Waals surface area contributed by atoms with Gasteiger partial charge in [0.2, 0.25) is 6.29 Å². The van der Waals surface area contributed by atoms with Crippen LogP contribution in [-0.4, -0.2) is 18.4 Å². The molecule has 0 aromatic rings. The van der Waals surface area contributed by atoms with Crippen LogP contribution in [0.1, 0.15) is 34.1 Å². The highest BCUT2D eigenvalue weighted by Crippen LogP contribution is 2.28. The molecule has 0 amide bonds. The summed E-state index contributed by atoms with van der Waals surface area (Å²) < 4.78 is 10.5. The third kappa shape index (κ3) is 2.21. The molecule has 0 aromatic carbocycles. The van der Waals surface area contributed by atoms with Gasteiger partial charge in [-0.2, -0.15) is 0 Å². The van der Waals surface area contributed by atoms with Crippen molar-refractivity contribution < 1.29 is 14.3 Å². The highest BCUT2D eigenvalue weighted by atomic mass is 16.7. The zero-order valence-electron chi connectivity index (χ0n) is 8.09. The van der Waals surface area contributed by atoms with E-state index in [1.807, 2.05) is 27.7 Å². The Bertz CT molecular complexity index is 181. The van der Waals surface area contributed by atoms with Crippen molar-refractivity contribution in [3.8, 4) is 0 Å². The van der Waals surface area contributed by atoms with E-state index in [0.717, 1.165) is 0 Å². The second-order valence-corrected chi connectivity index (χ2v) is 4.34. The molecule has 0 bridgehead atoms. The fourth-order valence-electron chi connectivity index (χ4n) is 1.07. The summed E-state index contributed by atoms with van der Waals surface area (Å²) in [5.74, 6) is -0.159. The average molecular weight is 172 g/mol. The fourth-order valence-corrected chi connectivity index (χ4v) is 1.07. The molecular weight excluding hydrogens is 156 g/mol. The van der Waals surface area contributed by atoms with Crippen molar-refractivity contribution in [3.63, 3.8) is 0 Å². The van der Waals surface area contributed by atoms with Crippen molar-refractivity contribution >= 4 is 5.97 Å². The lowest BCUT2D eigenvalue weighted by Gasteiger charge is -2.35. The maximum atomic E-state index is 11.0. The first-order valence-corrected chi connectivity index (χ1v) is 4.24. The summed E-state index contributed by atoms with van der Waals surface area (Å²) in [4.78, 5) is 11.0. The lowest BCUT2D eigenvalue weighted by atomic mass is 9.95. The zero-order valence-corrected chi connectivity index (χ0v) is 8.09. The zero-order chi connectivity index (χ0) is 9.35. The number of esters is 1. The minimum atomic E-state index is -0.395. The van der Waals surface area contributed by atoms with Gasteiger partial charge in [0.1, 0.15) is 0 Å². The molecule has 1 aliphatic heterocycles. The van der Waals surface area contributed by atoms with Gasteiger partial charge in [-0.05, 0) is 6.92 Å². The molecule has 0 aliphatic carbocycles. The van der Waals surface area contributed by atoms with Gasteiger partial charge in [-0.25, -0.2) is 0 Å². The number of hydrogen-bond donors (Lipinski definition) is 0. The number of carbonyl (C=O) groups is 1. The Balaban J connectivity index is 2.62. The van der Waals surface area contributed by atoms with E-state index in [9.17, 15) is 4.79 Å². The van der Waals surface area contributed by atoms with E-state index in [1.165, 1.54) is 0 Å². The first-order valence-electron chi connectivity index (χ1n) is 4.24. The van der Waals surface area contributed by atoms with Crippen molar-refractivity contribution in [2.75, 3.05) is 0 Å². The van der Waals surface area contributed by atoms with E-state index in [1.54, 1.807) is 0 Å². The van der Waals surface area contributed by atoms with Crippen molar-refractivity contribution in [1.82, 2.24) is 0 Å². The molecule has 0 saturated carbocycles. The Morgan fingerprint density at radius 2 is 2.00 bits per heavy atom. The van der Waals surface area contributed by atoms with Crippen molar-refractivity contribution in [2.45, 2.75) is 46.5 Å². The van der Waals surface area contributed by atoms with Gasteiger partial charge in [-0.1, -0.05) is 20.8 Å². The molecule has 2 atom stereocenters. The van der Waals surface area contributed by atoms with Crippen molar-refractivity contribution in [1.29, 1.82) is 0 Å². The van der Waals surface area contributed by atoms with Crippen LogP contribution in [0.5, 0.6) is 0 Å². The SMILES string of the molecule is CC1CC(=O)OC(C(C)(C)C)O1. The van der Waals surface area contributed by atoms with Crippen LogP contribution in [0.4, 0.5) is 0 Å². The second-order valence-electron chi connectivity index (χ2n) is 4.34. The molecule has 2 unspecified atom stereocenters. The minimum Gasteiger partial charge on any atom is -0.435 e. The number of carbonyl (C=O) groups excluding carboxylic acids is 1. The Morgan fingerprint density at radius 3 is 2.42 bits per heavy atom. The highest BCUT2D eigenvalue weighted by molar-refractivity contribution is 5.70. The number of cyclic esters (lactones) is 1. The average Bonchev–Trinajstić information content (AvgIpc) is 1.82. The molecule has 70 valence electrons. The van der Waals surface area contributed by atoms with Crippen molar-refractivity contribution in [2.24, 2.45) is 5.41 Å². The van der Waals surface area contributed by atoms with Crippen LogP contribution >= 0.6 is 0 Å². The van der Waals surface area contributed by atoms with Gasteiger partial charge in [-0.3, -0.25) is 4.79 Å². The lowest BCUT2D eigenvalue weighted by Crippen LogP contribution is -2.41. The molecule has 0 radical (unpaired) electrons. The molecule has 3 heteroatoms. The molecule has 1 rings (SSSR count). The first kappa shape index (κ1) is 9.52. The standard InChI is InChI=1S/C9H16O3/c1-6-5-7(10)12-8(11-6)9(2,3)4/h6,8H,5H2,1-4H3. The van der Waals surface area contributed by atoms with Gasteiger partial charge >= 0.3 is 5.97 Å². The number of hydrogen-bond acceptors (Lipinski definition) is 3. The molecule has 0 spiro atoms. The lowest BCUT2D eigenvalue weighted by molar-refractivity contribution is -0.240. The van der Waals surface area contributed by atoms with Crippen molar-refractivity contribution in [3.05, 3.63) is 0 Å². The van der Waals surface area contributed by atoms with Crippen LogP contribution < -0.4 is 0 Å². The van der Waals surface area contributed by atoms with Crippen LogP contribution in [0, 0.1) is 5.41 Å². The normalized spacial score (nSPS) is 31.5. The molecule has 1 saturated heterocycles. The Kier molecular flexibility index (Phi) is 2.42. The Labute approximate surface area is 73.0 Å². The van der Waals surface area contributed by atoms with E-state index in [2.05, 4.69) is 0 Å². The topological polar surface area (TPSA) is 35.5 Å². The van der Waals surface area contributed by atoms with Gasteiger partial charge in [0.05, 0.1) is 12.5 Å². The summed E-state index contributed by atoms with van der Waals surface area (Å²) >= 11 is 0. The van der Waals surface area contributed by atoms with E-state index in [4.69, 9.17) is 9.47 Å². The molecule has 0 aromatic heterocycles. The predicted octanol–water partition coefficient (Wildman–Crippen LogP) is 1.71. The van der Waals surface area contributed by atoms with E-state index in [0.29, 0.717) is 6.42 Å². The van der Waals surface area contributed by atoms with E-state index in [-0.39, 0.29) is 17.5 Å². The summed E-state index contributed by atoms with van der Waals surface area (Å²) in [5, 5.41) is 0.